The number of anilines is 1. The summed E-state index contributed by atoms with van der Waals surface area (Å²) in [5, 5.41) is 8.29. The summed E-state index contributed by atoms with van der Waals surface area (Å²) in [4.78, 5) is 25.3. The molecule has 0 spiro atoms. The van der Waals surface area contributed by atoms with Crippen molar-refractivity contribution in [3.63, 3.8) is 0 Å². The number of carbonyl (C=O) groups excluding carboxylic acids is 2. The average Bonchev–Trinajstić information content (AvgIpc) is 2.80. The van der Waals surface area contributed by atoms with E-state index in [4.69, 9.17) is 42.3 Å². The van der Waals surface area contributed by atoms with E-state index in [1.807, 2.05) is 6.92 Å². The van der Waals surface area contributed by atoms with Crippen LogP contribution in [0.5, 0.6) is 23.0 Å². The van der Waals surface area contributed by atoms with Gasteiger partial charge >= 0.3 is 0 Å². The highest BCUT2D eigenvalue weighted by atomic mass is 35.5. The Morgan fingerprint density at radius 1 is 1.03 bits per heavy atom. The lowest BCUT2D eigenvalue weighted by Crippen LogP contribution is -2.36. The van der Waals surface area contributed by atoms with Crippen molar-refractivity contribution in [1.29, 1.82) is 0 Å². The second kappa shape index (κ2) is 12.3. The molecule has 2 rings (SSSR count). The highest BCUT2D eigenvalue weighted by molar-refractivity contribution is 6.39. The van der Waals surface area contributed by atoms with Gasteiger partial charge in [-0.15, -0.1) is 0 Å². The van der Waals surface area contributed by atoms with Gasteiger partial charge < -0.3 is 18.9 Å². The van der Waals surface area contributed by atoms with Crippen molar-refractivity contribution in [2.45, 2.75) is 26.8 Å². The van der Waals surface area contributed by atoms with E-state index in [-0.39, 0.29) is 22.1 Å². The maximum Gasteiger partial charge on any atom is 0.276 e. The molecule has 2 aromatic carbocycles. The number of rotatable bonds is 11. The largest absolute Gasteiger partial charge is 0.497 e. The Balaban J connectivity index is 2.44. The SMILES string of the molecule is CCOc1cc(Cl)c(OCC)c(N=NC(C(C)=O)C(=O)N(Cl)c2cc(OC)ccc2OC)c1. The van der Waals surface area contributed by atoms with Crippen LogP contribution in [-0.2, 0) is 9.59 Å². The lowest BCUT2D eigenvalue weighted by molar-refractivity contribution is -0.126. The molecule has 0 aromatic heterocycles. The van der Waals surface area contributed by atoms with Gasteiger partial charge in [0.2, 0.25) is 6.04 Å². The van der Waals surface area contributed by atoms with Crippen LogP contribution < -0.4 is 23.4 Å². The quantitative estimate of drug-likeness (QED) is 0.234. The highest BCUT2D eigenvalue weighted by Gasteiger charge is 2.31. The minimum atomic E-state index is -1.53. The first-order valence-corrected chi connectivity index (χ1v) is 10.7. The molecule has 0 saturated carbocycles. The predicted molar refractivity (Wildman–Crippen MR) is 126 cm³/mol. The van der Waals surface area contributed by atoms with Gasteiger partial charge in [0.25, 0.3) is 5.91 Å². The van der Waals surface area contributed by atoms with E-state index < -0.39 is 17.7 Å². The van der Waals surface area contributed by atoms with Crippen molar-refractivity contribution >= 4 is 46.4 Å². The minimum Gasteiger partial charge on any atom is -0.497 e. The van der Waals surface area contributed by atoms with Gasteiger partial charge in [0.05, 0.1) is 32.5 Å². The standard InChI is InChI=1S/C22H25Cl2N3O6/c1-6-32-15-10-16(23)21(33-7-2)17(11-15)25-26-20(13(3)28)22(29)27(24)18-12-14(30-4)8-9-19(18)31-5/h8-12,20H,6-7H2,1-5H3. The average molecular weight is 498 g/mol. The molecule has 1 atom stereocenters. The highest BCUT2D eigenvalue weighted by Crippen LogP contribution is 2.40. The molecule has 0 bridgehead atoms. The third-order valence-electron chi connectivity index (χ3n) is 4.29. The van der Waals surface area contributed by atoms with E-state index in [1.54, 1.807) is 31.2 Å². The Bertz CT molecular complexity index is 1030. The maximum atomic E-state index is 13.1. The van der Waals surface area contributed by atoms with E-state index in [0.717, 1.165) is 4.42 Å². The molecule has 11 heteroatoms. The molecule has 9 nitrogen and oxygen atoms in total. The lowest BCUT2D eigenvalue weighted by atomic mass is 10.2. The fraction of sp³-hybridized carbons (Fsp3) is 0.364. The summed E-state index contributed by atoms with van der Waals surface area (Å²) in [5.74, 6) is 0.0250. The number of amides is 1. The molecular formula is C22H25Cl2N3O6. The number of hydrogen-bond acceptors (Lipinski definition) is 8. The number of hydrogen-bond donors (Lipinski definition) is 0. The summed E-state index contributed by atoms with van der Waals surface area (Å²) in [6, 6.07) is 6.33. The van der Waals surface area contributed by atoms with Crippen LogP contribution in [0.3, 0.4) is 0 Å². The maximum absolute atomic E-state index is 13.1. The number of carbonyl (C=O) groups is 2. The smallest absolute Gasteiger partial charge is 0.276 e. The number of ether oxygens (including phenoxy) is 4. The van der Waals surface area contributed by atoms with Gasteiger partial charge in [0, 0.05) is 30.0 Å². The molecule has 0 saturated heterocycles. The Labute approximate surface area is 202 Å². The van der Waals surface area contributed by atoms with Crippen LogP contribution in [0.4, 0.5) is 11.4 Å². The monoisotopic (exact) mass is 497 g/mol. The van der Waals surface area contributed by atoms with Gasteiger partial charge in [-0.05, 0) is 32.9 Å². The fourth-order valence-electron chi connectivity index (χ4n) is 2.77. The minimum absolute atomic E-state index is 0.182. The number of methoxy groups -OCH3 is 2. The summed E-state index contributed by atoms with van der Waals surface area (Å²) in [7, 11) is 2.89. The number of azo groups is 1. The number of Topliss-reactive ketones (excluding diaryl/α,β-unsaturated/α-hetero) is 1. The Morgan fingerprint density at radius 3 is 2.30 bits per heavy atom. The normalized spacial score (nSPS) is 11.7. The Morgan fingerprint density at radius 2 is 1.73 bits per heavy atom. The zero-order valence-corrected chi connectivity index (χ0v) is 20.4. The van der Waals surface area contributed by atoms with E-state index in [1.165, 1.54) is 27.2 Å². The van der Waals surface area contributed by atoms with Crippen LogP contribution in [0.1, 0.15) is 20.8 Å². The molecule has 0 N–H and O–H groups in total. The molecule has 178 valence electrons. The third kappa shape index (κ3) is 6.49. The van der Waals surface area contributed by atoms with Crippen LogP contribution in [0.25, 0.3) is 0 Å². The summed E-state index contributed by atoms with van der Waals surface area (Å²) in [6.45, 7) is 5.53. The van der Waals surface area contributed by atoms with E-state index in [2.05, 4.69) is 10.2 Å². The molecule has 0 aliphatic heterocycles. The Hall–Kier alpha value is -3.04. The van der Waals surface area contributed by atoms with Gasteiger partial charge in [0.15, 0.2) is 11.5 Å². The molecule has 1 unspecified atom stereocenters. The zero-order chi connectivity index (χ0) is 24.5. The van der Waals surface area contributed by atoms with Crippen molar-refractivity contribution in [1.82, 2.24) is 0 Å². The summed E-state index contributed by atoms with van der Waals surface area (Å²) in [5.41, 5.74) is 0.383. The lowest BCUT2D eigenvalue weighted by Gasteiger charge is -2.19. The first kappa shape index (κ1) is 26.2. The summed E-state index contributed by atoms with van der Waals surface area (Å²) < 4.78 is 22.2. The molecule has 33 heavy (non-hydrogen) atoms. The second-order valence-corrected chi connectivity index (χ2v) is 7.25. The first-order valence-electron chi connectivity index (χ1n) is 9.99. The van der Waals surface area contributed by atoms with Gasteiger partial charge in [0.1, 0.15) is 28.6 Å². The van der Waals surface area contributed by atoms with Gasteiger partial charge in [-0.3, -0.25) is 9.59 Å². The fourth-order valence-corrected chi connectivity index (χ4v) is 3.25. The van der Waals surface area contributed by atoms with Crippen molar-refractivity contribution < 1.29 is 28.5 Å². The van der Waals surface area contributed by atoms with Crippen LogP contribution in [0, 0.1) is 0 Å². The number of nitrogens with zero attached hydrogens (tertiary/aromatic N) is 3. The third-order valence-corrected chi connectivity index (χ3v) is 4.92. The number of halogens is 2. The zero-order valence-electron chi connectivity index (χ0n) is 18.9. The number of ketones is 1. The van der Waals surface area contributed by atoms with E-state index in [0.29, 0.717) is 30.5 Å². The van der Waals surface area contributed by atoms with Gasteiger partial charge in [-0.1, -0.05) is 11.6 Å². The molecule has 0 aliphatic carbocycles. The predicted octanol–water partition coefficient (Wildman–Crippen LogP) is 5.38. The summed E-state index contributed by atoms with van der Waals surface area (Å²) in [6.07, 6.45) is 0. The molecule has 0 radical (unpaired) electrons. The number of benzene rings is 2. The van der Waals surface area contributed by atoms with E-state index >= 15 is 0 Å². The van der Waals surface area contributed by atoms with Crippen molar-refractivity contribution in [2.24, 2.45) is 10.2 Å². The molecular weight excluding hydrogens is 473 g/mol. The van der Waals surface area contributed by atoms with E-state index in [9.17, 15) is 9.59 Å². The summed E-state index contributed by atoms with van der Waals surface area (Å²) >= 11 is 12.6. The van der Waals surface area contributed by atoms with Gasteiger partial charge in [-0.2, -0.15) is 10.2 Å². The van der Waals surface area contributed by atoms with Gasteiger partial charge in [-0.25, -0.2) is 4.42 Å². The molecule has 2 aromatic rings. The van der Waals surface area contributed by atoms with Crippen molar-refractivity contribution in [3.8, 4) is 23.0 Å². The molecule has 0 aliphatic rings. The molecule has 0 heterocycles. The first-order chi connectivity index (χ1) is 15.8. The molecule has 1 amide bonds. The topological polar surface area (TPSA) is 99.0 Å². The van der Waals surface area contributed by atoms with Crippen molar-refractivity contribution in [2.75, 3.05) is 31.9 Å². The van der Waals surface area contributed by atoms with Crippen LogP contribution in [0.2, 0.25) is 5.02 Å². The molecule has 0 fully saturated rings. The Kier molecular flexibility index (Phi) is 9.74. The van der Waals surface area contributed by atoms with Crippen molar-refractivity contribution in [3.05, 3.63) is 35.4 Å². The second-order valence-electron chi connectivity index (χ2n) is 6.50. The van der Waals surface area contributed by atoms with Crippen LogP contribution in [0.15, 0.2) is 40.6 Å². The van der Waals surface area contributed by atoms with Crippen LogP contribution in [-0.4, -0.2) is 45.2 Å². The van der Waals surface area contributed by atoms with Crippen LogP contribution >= 0.6 is 23.4 Å².